The molecule has 3 heterocycles. The molecule has 1 N–H and O–H groups in total. The van der Waals surface area contributed by atoms with Crippen LogP contribution in [0.3, 0.4) is 0 Å². The monoisotopic (exact) mass is 360 g/mol. The van der Waals surface area contributed by atoms with Crippen LogP contribution in [0.25, 0.3) is 0 Å². The number of fused-ring (bicyclic) bond motifs is 1. The summed E-state index contributed by atoms with van der Waals surface area (Å²) in [6.07, 6.45) is 0. The first-order valence-electron chi connectivity index (χ1n) is 8.33. The van der Waals surface area contributed by atoms with Crippen molar-refractivity contribution in [2.45, 2.75) is 6.54 Å². The fourth-order valence-corrected chi connectivity index (χ4v) is 3.62. The molecule has 0 aliphatic carbocycles. The molecule has 0 saturated carbocycles. The van der Waals surface area contributed by atoms with Crippen molar-refractivity contribution in [2.75, 3.05) is 26.2 Å². The zero-order valence-electron chi connectivity index (χ0n) is 13.8. The van der Waals surface area contributed by atoms with Crippen LogP contribution in [0.5, 0.6) is 0 Å². The lowest BCUT2D eigenvalue weighted by Crippen LogP contribution is -2.34. The van der Waals surface area contributed by atoms with Gasteiger partial charge in [0.15, 0.2) is 0 Å². The topological polar surface area (TPSA) is 67.2 Å². The molecule has 1 aromatic carbocycles. The quantitative estimate of drug-likeness (QED) is 0.887. The highest BCUT2D eigenvalue weighted by molar-refractivity contribution is 5.92. The normalized spacial score (nSPS) is 21.7. The molecule has 1 amide bonds. The Morgan fingerprint density at radius 2 is 1.76 bits per heavy atom. The third-order valence-corrected chi connectivity index (χ3v) is 4.94. The molecule has 0 radical (unpaired) electrons. The van der Waals surface area contributed by atoms with Crippen LogP contribution in [-0.2, 0) is 6.54 Å². The number of nitrogens with zero attached hydrogens (tertiary/aromatic N) is 3. The molecule has 132 valence electrons. The van der Waals surface area contributed by atoms with Gasteiger partial charge in [-0.25, -0.2) is 4.68 Å². The SMILES string of the molecule is Cl.O=C(c1ccc(=O)n(Cc2ccccc2)n1)N1C[C@H]2CNC[C@H]2C1. The lowest BCUT2D eigenvalue weighted by atomic mass is 10.0. The zero-order valence-corrected chi connectivity index (χ0v) is 14.6. The number of nitrogens with one attached hydrogen (secondary N) is 1. The first kappa shape index (κ1) is 17.6. The Kier molecular flexibility index (Phi) is 5.20. The minimum Gasteiger partial charge on any atom is -0.337 e. The number of aromatic nitrogens is 2. The molecule has 0 unspecified atom stereocenters. The smallest absolute Gasteiger partial charge is 0.274 e. The number of likely N-dealkylation sites (tertiary alicyclic amines) is 1. The summed E-state index contributed by atoms with van der Waals surface area (Å²) in [5.41, 5.74) is 1.13. The van der Waals surface area contributed by atoms with Crippen LogP contribution in [-0.4, -0.2) is 46.8 Å². The fraction of sp³-hybridized carbons (Fsp3) is 0.389. The maximum Gasteiger partial charge on any atom is 0.274 e. The molecule has 0 spiro atoms. The van der Waals surface area contributed by atoms with E-state index < -0.39 is 0 Å². The Labute approximate surface area is 152 Å². The molecule has 0 bridgehead atoms. The second-order valence-electron chi connectivity index (χ2n) is 6.59. The molecule has 2 aliphatic heterocycles. The maximum absolute atomic E-state index is 12.7. The highest BCUT2D eigenvalue weighted by Crippen LogP contribution is 2.27. The van der Waals surface area contributed by atoms with Crippen molar-refractivity contribution in [1.29, 1.82) is 0 Å². The zero-order chi connectivity index (χ0) is 16.5. The molecule has 25 heavy (non-hydrogen) atoms. The van der Waals surface area contributed by atoms with Crippen LogP contribution in [0.4, 0.5) is 0 Å². The van der Waals surface area contributed by atoms with E-state index in [1.54, 1.807) is 6.07 Å². The molecule has 2 fully saturated rings. The second kappa shape index (κ2) is 7.37. The third kappa shape index (κ3) is 3.60. The van der Waals surface area contributed by atoms with Crippen molar-refractivity contribution in [1.82, 2.24) is 20.0 Å². The van der Waals surface area contributed by atoms with Gasteiger partial charge in [0.05, 0.1) is 6.54 Å². The van der Waals surface area contributed by atoms with Gasteiger partial charge in [-0.1, -0.05) is 30.3 Å². The van der Waals surface area contributed by atoms with Gasteiger partial charge < -0.3 is 10.2 Å². The van der Waals surface area contributed by atoms with Crippen LogP contribution >= 0.6 is 12.4 Å². The van der Waals surface area contributed by atoms with E-state index in [0.29, 0.717) is 24.1 Å². The van der Waals surface area contributed by atoms with Crippen molar-refractivity contribution in [2.24, 2.45) is 11.8 Å². The molecule has 2 atom stereocenters. The standard InChI is InChI=1S/C18H20N4O2.ClH/c23-17-7-6-16(20-22(17)10-13-4-2-1-3-5-13)18(24)21-11-14-8-19-9-15(14)12-21;/h1-7,14-15,19H,8-12H2;1H/t14-,15+;. The van der Waals surface area contributed by atoms with Crippen molar-refractivity contribution >= 4 is 18.3 Å². The number of halogens is 1. The number of carbonyl (C=O) groups excluding carboxylic acids is 1. The van der Waals surface area contributed by atoms with Crippen LogP contribution in [0.2, 0.25) is 0 Å². The lowest BCUT2D eigenvalue weighted by molar-refractivity contribution is 0.0773. The highest BCUT2D eigenvalue weighted by Gasteiger charge is 2.38. The summed E-state index contributed by atoms with van der Waals surface area (Å²) in [7, 11) is 0. The number of benzene rings is 1. The summed E-state index contributed by atoms with van der Waals surface area (Å²) in [5.74, 6) is 1.01. The summed E-state index contributed by atoms with van der Waals surface area (Å²) >= 11 is 0. The van der Waals surface area contributed by atoms with E-state index in [4.69, 9.17) is 0 Å². The van der Waals surface area contributed by atoms with Crippen LogP contribution in [0, 0.1) is 11.8 Å². The van der Waals surface area contributed by atoms with Crippen LogP contribution in [0.15, 0.2) is 47.3 Å². The van der Waals surface area contributed by atoms with Gasteiger partial charge in [0.25, 0.3) is 11.5 Å². The fourth-order valence-electron chi connectivity index (χ4n) is 3.62. The van der Waals surface area contributed by atoms with Crippen LogP contribution in [0.1, 0.15) is 16.1 Å². The number of hydrogen-bond acceptors (Lipinski definition) is 4. The first-order valence-corrected chi connectivity index (χ1v) is 8.33. The number of hydrogen-bond donors (Lipinski definition) is 1. The summed E-state index contributed by atoms with van der Waals surface area (Å²) < 4.78 is 1.36. The third-order valence-electron chi connectivity index (χ3n) is 4.94. The van der Waals surface area contributed by atoms with E-state index in [1.807, 2.05) is 35.2 Å². The van der Waals surface area contributed by atoms with Crippen molar-refractivity contribution in [3.05, 3.63) is 64.1 Å². The molecule has 7 heteroatoms. The number of carbonyl (C=O) groups is 1. The van der Waals surface area contributed by atoms with Crippen molar-refractivity contribution in [3.63, 3.8) is 0 Å². The van der Waals surface area contributed by atoms with Gasteiger partial charge in [0.2, 0.25) is 0 Å². The first-order chi connectivity index (χ1) is 11.7. The average molecular weight is 361 g/mol. The minimum atomic E-state index is -0.196. The van der Waals surface area contributed by atoms with Crippen molar-refractivity contribution < 1.29 is 4.79 Å². The Hall–Kier alpha value is -2.18. The number of rotatable bonds is 3. The largest absolute Gasteiger partial charge is 0.337 e. The summed E-state index contributed by atoms with van der Waals surface area (Å²) in [5, 5.41) is 7.67. The molecular weight excluding hydrogens is 340 g/mol. The summed E-state index contributed by atoms with van der Waals surface area (Å²) in [4.78, 5) is 26.6. The Bertz CT molecular complexity index is 796. The van der Waals surface area contributed by atoms with Gasteiger partial charge in [-0.05, 0) is 23.5 Å². The van der Waals surface area contributed by atoms with Gasteiger partial charge in [0.1, 0.15) is 5.69 Å². The average Bonchev–Trinajstić information content (AvgIpc) is 3.19. The van der Waals surface area contributed by atoms with Crippen LogP contribution < -0.4 is 10.9 Å². The predicted octanol–water partition coefficient (Wildman–Crippen LogP) is 1.00. The molecule has 4 rings (SSSR count). The second-order valence-corrected chi connectivity index (χ2v) is 6.59. The molecule has 6 nitrogen and oxygen atoms in total. The van der Waals surface area contributed by atoms with Gasteiger partial charge in [-0.3, -0.25) is 9.59 Å². The maximum atomic E-state index is 12.7. The molecule has 2 saturated heterocycles. The molecule has 2 aromatic rings. The highest BCUT2D eigenvalue weighted by atomic mass is 35.5. The van der Waals surface area contributed by atoms with E-state index in [0.717, 1.165) is 31.7 Å². The summed E-state index contributed by atoms with van der Waals surface area (Å²) in [6.45, 7) is 3.88. The van der Waals surface area contributed by atoms with E-state index in [2.05, 4.69) is 10.4 Å². The molecule has 1 aromatic heterocycles. The Morgan fingerprint density at radius 1 is 1.08 bits per heavy atom. The summed E-state index contributed by atoms with van der Waals surface area (Å²) in [6, 6.07) is 12.6. The van der Waals surface area contributed by atoms with E-state index >= 15 is 0 Å². The van der Waals surface area contributed by atoms with Gasteiger partial charge in [-0.15, -0.1) is 12.4 Å². The Morgan fingerprint density at radius 3 is 2.44 bits per heavy atom. The van der Waals surface area contributed by atoms with E-state index in [9.17, 15) is 9.59 Å². The van der Waals surface area contributed by atoms with Gasteiger partial charge in [0, 0.05) is 32.2 Å². The van der Waals surface area contributed by atoms with E-state index in [-0.39, 0.29) is 23.9 Å². The number of amides is 1. The van der Waals surface area contributed by atoms with E-state index in [1.165, 1.54) is 10.7 Å². The lowest BCUT2D eigenvalue weighted by Gasteiger charge is -2.17. The van der Waals surface area contributed by atoms with Gasteiger partial charge in [-0.2, -0.15) is 5.10 Å². The Balaban J connectivity index is 0.00000182. The van der Waals surface area contributed by atoms with Gasteiger partial charge >= 0.3 is 0 Å². The predicted molar refractivity (Wildman–Crippen MR) is 97.0 cm³/mol. The molecular formula is C18H21ClN4O2. The molecule has 2 aliphatic rings. The minimum absolute atomic E-state index is 0. The van der Waals surface area contributed by atoms with Crippen molar-refractivity contribution in [3.8, 4) is 0 Å².